The van der Waals surface area contributed by atoms with E-state index in [-0.39, 0.29) is 0 Å². The zero-order chi connectivity index (χ0) is 12.4. The van der Waals surface area contributed by atoms with Crippen molar-refractivity contribution in [3.8, 4) is 11.3 Å². The van der Waals surface area contributed by atoms with E-state index in [1.807, 2.05) is 25.3 Å². The normalized spacial score (nSPS) is 10.2. The van der Waals surface area contributed by atoms with Gasteiger partial charge >= 0.3 is 0 Å². The minimum Gasteiger partial charge on any atom is -0.342 e. The second-order valence-corrected chi connectivity index (χ2v) is 4.05. The first-order chi connectivity index (χ1) is 8.17. The van der Waals surface area contributed by atoms with E-state index >= 15 is 0 Å². The molecule has 0 bridgehead atoms. The van der Waals surface area contributed by atoms with Gasteiger partial charge in [0.2, 0.25) is 0 Å². The number of aromatic nitrogens is 2. The predicted octanol–water partition coefficient (Wildman–Crippen LogP) is 3.98. The number of aryl methyl sites for hydroxylation is 2. The highest BCUT2D eigenvalue weighted by atomic mass is 14.9. The van der Waals surface area contributed by atoms with Crippen molar-refractivity contribution < 1.29 is 0 Å². The van der Waals surface area contributed by atoms with E-state index in [9.17, 15) is 0 Å². The molecule has 17 heavy (non-hydrogen) atoms. The van der Waals surface area contributed by atoms with E-state index in [0.29, 0.717) is 0 Å². The number of imidazole rings is 1. The third-order valence-electron chi connectivity index (χ3n) is 2.91. The molecule has 0 saturated carbocycles. The van der Waals surface area contributed by atoms with Crippen LogP contribution in [0.4, 0.5) is 0 Å². The third kappa shape index (κ3) is 1.94. The second kappa shape index (κ2) is 4.42. The van der Waals surface area contributed by atoms with Crippen molar-refractivity contribution in [2.24, 2.45) is 0 Å². The fourth-order valence-corrected chi connectivity index (χ4v) is 2.03. The molecule has 0 aliphatic carbocycles. The SMILES string of the molecule is C=Cc1c(C)ccc(-c2cnc(C)[nH]2)c1C=C. The lowest BCUT2D eigenvalue weighted by atomic mass is 9.95. The van der Waals surface area contributed by atoms with Gasteiger partial charge in [-0.05, 0) is 30.5 Å². The Kier molecular flexibility index (Phi) is 2.96. The van der Waals surface area contributed by atoms with Crippen LogP contribution in [-0.2, 0) is 0 Å². The Balaban J connectivity index is 2.70. The number of benzene rings is 1. The van der Waals surface area contributed by atoms with Crippen LogP contribution in [0.25, 0.3) is 23.4 Å². The summed E-state index contributed by atoms with van der Waals surface area (Å²) in [6, 6.07) is 4.18. The van der Waals surface area contributed by atoms with Crippen molar-refractivity contribution in [1.82, 2.24) is 9.97 Å². The lowest BCUT2D eigenvalue weighted by molar-refractivity contribution is 1.15. The highest BCUT2D eigenvalue weighted by Crippen LogP contribution is 2.28. The average Bonchev–Trinajstić information content (AvgIpc) is 2.75. The molecular weight excluding hydrogens is 208 g/mol. The zero-order valence-electron chi connectivity index (χ0n) is 10.2. The van der Waals surface area contributed by atoms with Crippen molar-refractivity contribution in [1.29, 1.82) is 0 Å². The number of nitrogens with zero attached hydrogens (tertiary/aromatic N) is 1. The number of aromatic amines is 1. The first-order valence-corrected chi connectivity index (χ1v) is 5.58. The summed E-state index contributed by atoms with van der Waals surface area (Å²) in [5.74, 6) is 0.913. The van der Waals surface area contributed by atoms with Crippen LogP contribution in [-0.4, -0.2) is 9.97 Å². The average molecular weight is 224 g/mol. The summed E-state index contributed by atoms with van der Waals surface area (Å²) in [6.07, 6.45) is 5.59. The van der Waals surface area contributed by atoms with Crippen molar-refractivity contribution >= 4 is 12.2 Å². The second-order valence-electron chi connectivity index (χ2n) is 4.05. The molecule has 0 amide bonds. The van der Waals surface area contributed by atoms with Crippen LogP contribution >= 0.6 is 0 Å². The van der Waals surface area contributed by atoms with Crippen LogP contribution < -0.4 is 0 Å². The lowest BCUT2D eigenvalue weighted by Gasteiger charge is -2.10. The van der Waals surface area contributed by atoms with Gasteiger partial charge in [0.05, 0.1) is 11.9 Å². The summed E-state index contributed by atoms with van der Waals surface area (Å²) in [5.41, 5.74) is 5.56. The van der Waals surface area contributed by atoms with Gasteiger partial charge in [-0.25, -0.2) is 4.98 Å². The Labute approximate surface area is 102 Å². The zero-order valence-corrected chi connectivity index (χ0v) is 10.2. The number of hydrogen-bond donors (Lipinski definition) is 1. The summed E-state index contributed by atoms with van der Waals surface area (Å²) in [7, 11) is 0. The molecule has 2 heteroatoms. The molecule has 1 aromatic heterocycles. The molecule has 0 atom stereocenters. The van der Waals surface area contributed by atoms with Gasteiger partial charge in [0.1, 0.15) is 5.82 Å². The Morgan fingerprint density at radius 1 is 1.12 bits per heavy atom. The molecular formula is C15H16N2. The summed E-state index contributed by atoms with van der Waals surface area (Å²) in [4.78, 5) is 7.48. The molecule has 0 radical (unpaired) electrons. The molecule has 2 rings (SSSR count). The van der Waals surface area contributed by atoms with E-state index in [4.69, 9.17) is 0 Å². The van der Waals surface area contributed by atoms with E-state index in [1.165, 1.54) is 5.56 Å². The minimum atomic E-state index is 0.913. The summed E-state index contributed by atoms with van der Waals surface area (Å²) < 4.78 is 0. The van der Waals surface area contributed by atoms with E-state index in [0.717, 1.165) is 28.2 Å². The van der Waals surface area contributed by atoms with Gasteiger partial charge in [0.15, 0.2) is 0 Å². The number of H-pyrrole nitrogens is 1. The minimum absolute atomic E-state index is 0.913. The predicted molar refractivity (Wildman–Crippen MR) is 73.7 cm³/mol. The van der Waals surface area contributed by atoms with Crippen LogP contribution in [0, 0.1) is 13.8 Å². The van der Waals surface area contributed by atoms with Gasteiger partial charge in [-0.2, -0.15) is 0 Å². The molecule has 0 saturated heterocycles. The number of hydrogen-bond acceptors (Lipinski definition) is 1. The van der Waals surface area contributed by atoms with Crippen LogP contribution in [0.15, 0.2) is 31.5 Å². The maximum Gasteiger partial charge on any atom is 0.103 e. The Bertz CT molecular complexity index is 577. The van der Waals surface area contributed by atoms with Crippen LogP contribution in [0.5, 0.6) is 0 Å². The summed E-state index contributed by atoms with van der Waals surface area (Å²) in [6.45, 7) is 11.8. The Hall–Kier alpha value is -2.09. The standard InChI is InChI=1S/C15H16N2/c1-5-12-10(3)7-8-14(13(12)6-2)15-9-16-11(4)17-15/h5-9H,1-2H2,3-4H3,(H,16,17). The van der Waals surface area contributed by atoms with Gasteiger partial charge in [-0.15, -0.1) is 0 Å². The van der Waals surface area contributed by atoms with Crippen molar-refractivity contribution in [2.45, 2.75) is 13.8 Å². The Morgan fingerprint density at radius 2 is 1.82 bits per heavy atom. The Morgan fingerprint density at radius 3 is 2.35 bits per heavy atom. The maximum atomic E-state index is 4.23. The van der Waals surface area contributed by atoms with Crippen LogP contribution in [0.1, 0.15) is 22.5 Å². The first-order valence-electron chi connectivity index (χ1n) is 5.58. The first kappa shape index (κ1) is 11.4. The molecule has 1 N–H and O–H groups in total. The summed E-state index contributed by atoms with van der Waals surface area (Å²) >= 11 is 0. The maximum absolute atomic E-state index is 4.23. The highest BCUT2D eigenvalue weighted by molar-refractivity contribution is 5.80. The molecule has 86 valence electrons. The van der Waals surface area contributed by atoms with E-state index in [2.05, 4.69) is 42.2 Å². The molecule has 0 spiro atoms. The van der Waals surface area contributed by atoms with Gasteiger partial charge < -0.3 is 4.98 Å². The largest absolute Gasteiger partial charge is 0.342 e. The van der Waals surface area contributed by atoms with Gasteiger partial charge in [-0.1, -0.05) is 37.4 Å². The van der Waals surface area contributed by atoms with Crippen LogP contribution in [0.2, 0.25) is 0 Å². The topological polar surface area (TPSA) is 28.7 Å². The molecule has 0 aliphatic rings. The van der Waals surface area contributed by atoms with Gasteiger partial charge in [0, 0.05) is 5.56 Å². The smallest absolute Gasteiger partial charge is 0.103 e. The van der Waals surface area contributed by atoms with Crippen molar-refractivity contribution in [3.63, 3.8) is 0 Å². The highest BCUT2D eigenvalue weighted by Gasteiger charge is 2.09. The monoisotopic (exact) mass is 224 g/mol. The molecule has 0 unspecified atom stereocenters. The fraction of sp³-hybridized carbons (Fsp3) is 0.133. The van der Waals surface area contributed by atoms with E-state index in [1.54, 1.807) is 0 Å². The number of rotatable bonds is 3. The summed E-state index contributed by atoms with van der Waals surface area (Å²) in [5, 5.41) is 0. The van der Waals surface area contributed by atoms with E-state index < -0.39 is 0 Å². The number of nitrogens with one attached hydrogen (secondary N) is 1. The molecule has 1 heterocycles. The molecule has 1 aromatic carbocycles. The quantitative estimate of drug-likeness (QED) is 0.839. The van der Waals surface area contributed by atoms with Crippen LogP contribution in [0.3, 0.4) is 0 Å². The van der Waals surface area contributed by atoms with Gasteiger partial charge in [-0.3, -0.25) is 0 Å². The van der Waals surface area contributed by atoms with Gasteiger partial charge in [0.25, 0.3) is 0 Å². The molecule has 2 aromatic rings. The fourth-order valence-electron chi connectivity index (χ4n) is 2.03. The van der Waals surface area contributed by atoms with Crippen molar-refractivity contribution in [3.05, 3.63) is 54.0 Å². The molecule has 0 fully saturated rings. The lowest BCUT2D eigenvalue weighted by Crippen LogP contribution is -1.91. The van der Waals surface area contributed by atoms with Crippen molar-refractivity contribution in [2.75, 3.05) is 0 Å². The third-order valence-corrected chi connectivity index (χ3v) is 2.91. The molecule has 2 nitrogen and oxygen atoms in total. The molecule has 0 aliphatic heterocycles.